The summed E-state index contributed by atoms with van der Waals surface area (Å²) in [6, 6.07) is 1.33. The molecule has 0 saturated carbocycles. The summed E-state index contributed by atoms with van der Waals surface area (Å²) in [5.74, 6) is -0.226. The zero-order valence-corrected chi connectivity index (χ0v) is 8.74. The quantitative estimate of drug-likeness (QED) is 0.628. The number of carbonyl (C=O) groups is 1. The van der Waals surface area contributed by atoms with Crippen molar-refractivity contribution in [2.24, 2.45) is 0 Å². The molecule has 0 heterocycles. The third-order valence-corrected chi connectivity index (χ3v) is 3.03. The van der Waals surface area contributed by atoms with Crippen LogP contribution in [0.2, 0.25) is 10.0 Å². The van der Waals surface area contributed by atoms with E-state index in [9.17, 15) is 9.90 Å². The third kappa shape index (κ3) is 1.58. The highest BCUT2D eigenvalue weighted by Gasteiger charge is 2.12. The Bertz CT molecular complexity index is 339. The maximum Gasteiger partial charge on any atom is 0.153 e. The minimum atomic E-state index is -0.226. The smallest absolute Gasteiger partial charge is 0.153 e. The topological polar surface area (TPSA) is 37.3 Å². The van der Waals surface area contributed by atoms with E-state index < -0.39 is 0 Å². The Kier molecular flexibility index (Phi) is 2.99. The first-order valence-corrected chi connectivity index (χ1v) is 4.44. The predicted octanol–water partition coefficient (Wildman–Crippen LogP) is 3.27. The normalized spacial score (nSPS) is 9.92. The van der Waals surface area contributed by atoms with Crippen LogP contribution in [0.3, 0.4) is 0 Å². The van der Waals surface area contributed by atoms with E-state index in [0.717, 1.165) is 0 Å². The molecule has 0 saturated heterocycles. The number of aldehydes is 1. The van der Waals surface area contributed by atoms with Crippen molar-refractivity contribution in [2.75, 3.05) is 0 Å². The van der Waals surface area contributed by atoms with Gasteiger partial charge in [0.1, 0.15) is 0 Å². The van der Waals surface area contributed by atoms with Crippen LogP contribution in [0.25, 0.3) is 0 Å². The maximum atomic E-state index is 10.4. The Hall–Kier alpha value is -0.250. The number of phenolic OH excluding ortho intramolecular Hbond substituents is 1. The van der Waals surface area contributed by atoms with Crippen LogP contribution in [0, 0.1) is 0 Å². The Morgan fingerprint density at radius 3 is 2.58 bits per heavy atom. The second kappa shape index (κ2) is 3.64. The van der Waals surface area contributed by atoms with Crippen molar-refractivity contribution in [1.29, 1.82) is 0 Å². The Labute approximate surface area is 87.2 Å². The average molecular weight is 270 g/mol. The van der Waals surface area contributed by atoms with Gasteiger partial charge in [-0.15, -0.1) is 0 Å². The predicted molar refractivity (Wildman–Crippen MR) is 51.2 cm³/mol. The highest BCUT2D eigenvalue weighted by molar-refractivity contribution is 9.10. The first-order valence-electron chi connectivity index (χ1n) is 2.89. The summed E-state index contributed by atoms with van der Waals surface area (Å²) >= 11 is 14.2. The summed E-state index contributed by atoms with van der Waals surface area (Å²) in [4.78, 5) is 10.4. The molecule has 1 aromatic rings. The Morgan fingerprint density at radius 1 is 1.50 bits per heavy atom. The highest BCUT2D eigenvalue weighted by atomic mass is 79.9. The molecule has 12 heavy (non-hydrogen) atoms. The molecule has 0 spiro atoms. The average Bonchev–Trinajstić information content (AvgIpc) is 2.08. The molecule has 1 rings (SSSR count). The first-order chi connectivity index (χ1) is 5.57. The van der Waals surface area contributed by atoms with Crippen molar-refractivity contribution in [1.82, 2.24) is 0 Å². The molecule has 1 aromatic carbocycles. The van der Waals surface area contributed by atoms with Gasteiger partial charge in [0.15, 0.2) is 12.0 Å². The van der Waals surface area contributed by atoms with Crippen LogP contribution in [0.15, 0.2) is 10.5 Å². The lowest BCUT2D eigenvalue weighted by Crippen LogP contribution is -1.84. The van der Waals surface area contributed by atoms with Gasteiger partial charge in [-0.25, -0.2) is 0 Å². The maximum absolute atomic E-state index is 10.4. The zero-order chi connectivity index (χ0) is 9.30. The van der Waals surface area contributed by atoms with Crippen molar-refractivity contribution >= 4 is 45.4 Å². The third-order valence-electron chi connectivity index (χ3n) is 1.29. The molecule has 5 heteroatoms. The van der Waals surface area contributed by atoms with E-state index in [1.165, 1.54) is 6.07 Å². The highest BCUT2D eigenvalue weighted by Crippen LogP contribution is 2.38. The van der Waals surface area contributed by atoms with Crippen LogP contribution in [0.1, 0.15) is 10.4 Å². The van der Waals surface area contributed by atoms with Crippen LogP contribution < -0.4 is 0 Å². The SMILES string of the molecule is O=Cc1cc(Cl)c(O)c(Cl)c1Br. The fraction of sp³-hybridized carbons (Fsp3) is 0. The van der Waals surface area contributed by atoms with E-state index in [-0.39, 0.29) is 15.8 Å². The number of rotatable bonds is 1. The second-order valence-electron chi connectivity index (χ2n) is 2.04. The lowest BCUT2D eigenvalue weighted by Gasteiger charge is -2.03. The van der Waals surface area contributed by atoms with Gasteiger partial charge < -0.3 is 5.11 Å². The van der Waals surface area contributed by atoms with E-state index in [1.807, 2.05) is 0 Å². The number of hydrogen-bond acceptors (Lipinski definition) is 2. The van der Waals surface area contributed by atoms with Gasteiger partial charge >= 0.3 is 0 Å². The largest absolute Gasteiger partial charge is 0.505 e. The molecular weight excluding hydrogens is 267 g/mol. The van der Waals surface area contributed by atoms with Gasteiger partial charge in [-0.3, -0.25) is 4.79 Å². The number of aromatic hydroxyl groups is 1. The molecule has 0 bridgehead atoms. The standard InChI is InChI=1S/C7H3BrCl2O2/c8-5-3(2-11)1-4(9)7(12)6(5)10/h1-2,12H. The van der Waals surface area contributed by atoms with Crippen molar-refractivity contribution in [3.63, 3.8) is 0 Å². The van der Waals surface area contributed by atoms with Gasteiger partial charge in [-0.05, 0) is 22.0 Å². The molecule has 0 radical (unpaired) electrons. The Balaban J connectivity index is 3.49. The lowest BCUT2D eigenvalue weighted by atomic mass is 10.2. The van der Waals surface area contributed by atoms with Gasteiger partial charge in [0.05, 0.1) is 14.5 Å². The molecule has 0 fully saturated rings. The molecule has 0 aromatic heterocycles. The molecule has 0 aliphatic rings. The molecule has 0 atom stereocenters. The number of halogens is 3. The number of carbonyl (C=O) groups excluding carboxylic acids is 1. The summed E-state index contributed by atoms with van der Waals surface area (Å²) in [6.45, 7) is 0. The fourth-order valence-corrected chi connectivity index (χ4v) is 1.56. The van der Waals surface area contributed by atoms with Crippen LogP contribution in [-0.2, 0) is 0 Å². The van der Waals surface area contributed by atoms with E-state index in [2.05, 4.69) is 15.9 Å². The van der Waals surface area contributed by atoms with Crippen LogP contribution in [0.4, 0.5) is 0 Å². The van der Waals surface area contributed by atoms with Crippen LogP contribution in [0.5, 0.6) is 5.75 Å². The summed E-state index contributed by atoms with van der Waals surface area (Å²) in [5.41, 5.74) is 0.308. The molecule has 1 N–H and O–H groups in total. The first kappa shape index (κ1) is 9.84. The van der Waals surface area contributed by atoms with Crippen LogP contribution in [-0.4, -0.2) is 11.4 Å². The fourth-order valence-electron chi connectivity index (χ4n) is 0.690. The van der Waals surface area contributed by atoms with Gasteiger partial charge in [0.2, 0.25) is 0 Å². The van der Waals surface area contributed by atoms with Gasteiger partial charge in [0, 0.05) is 5.56 Å². The van der Waals surface area contributed by atoms with Crippen molar-refractivity contribution in [3.05, 3.63) is 26.1 Å². The van der Waals surface area contributed by atoms with Crippen molar-refractivity contribution < 1.29 is 9.90 Å². The van der Waals surface area contributed by atoms with E-state index in [0.29, 0.717) is 16.3 Å². The van der Waals surface area contributed by atoms with E-state index >= 15 is 0 Å². The molecule has 0 aliphatic heterocycles. The summed E-state index contributed by atoms with van der Waals surface area (Å²) in [7, 11) is 0. The zero-order valence-electron chi connectivity index (χ0n) is 5.64. The number of phenols is 1. The lowest BCUT2D eigenvalue weighted by molar-refractivity contribution is 0.112. The van der Waals surface area contributed by atoms with Crippen LogP contribution >= 0.6 is 39.1 Å². The van der Waals surface area contributed by atoms with E-state index in [4.69, 9.17) is 23.2 Å². The van der Waals surface area contributed by atoms with Crippen molar-refractivity contribution in [2.45, 2.75) is 0 Å². The summed E-state index contributed by atoms with van der Waals surface area (Å²) in [6.07, 6.45) is 0.598. The molecule has 0 unspecified atom stereocenters. The number of hydrogen-bond donors (Lipinski definition) is 1. The minimum absolute atomic E-state index is 0.0459. The second-order valence-corrected chi connectivity index (χ2v) is 3.62. The van der Waals surface area contributed by atoms with Gasteiger partial charge in [-0.1, -0.05) is 23.2 Å². The monoisotopic (exact) mass is 268 g/mol. The van der Waals surface area contributed by atoms with Gasteiger partial charge in [0.25, 0.3) is 0 Å². The molecular formula is C7H3BrCl2O2. The van der Waals surface area contributed by atoms with Crippen molar-refractivity contribution in [3.8, 4) is 5.75 Å². The summed E-state index contributed by atoms with van der Waals surface area (Å²) in [5, 5.41) is 9.30. The number of benzene rings is 1. The van der Waals surface area contributed by atoms with E-state index in [1.54, 1.807) is 0 Å². The minimum Gasteiger partial charge on any atom is -0.505 e. The van der Waals surface area contributed by atoms with Gasteiger partial charge in [-0.2, -0.15) is 0 Å². The molecule has 0 amide bonds. The molecule has 64 valence electrons. The molecule has 0 aliphatic carbocycles. The Morgan fingerprint density at radius 2 is 2.08 bits per heavy atom. The summed E-state index contributed by atoms with van der Waals surface area (Å²) < 4.78 is 0.348. The molecule has 2 nitrogen and oxygen atoms in total.